The average molecular weight is 235 g/mol. The standard InChI is InChI=1S/C11H17N5O/c12-10(7-9-1-2-14-8-15-9)11(17)16-5-3-13-4-6-16/h1-2,8,10,13H,3-7,12H2. The molecule has 2 rings (SSSR count). The van der Waals surface area contributed by atoms with Gasteiger partial charge in [0.15, 0.2) is 0 Å². The molecule has 1 unspecified atom stereocenters. The van der Waals surface area contributed by atoms with E-state index < -0.39 is 6.04 Å². The molecule has 3 N–H and O–H groups in total. The second-order valence-electron chi connectivity index (χ2n) is 4.09. The minimum atomic E-state index is -0.511. The molecule has 0 saturated carbocycles. The van der Waals surface area contributed by atoms with Crippen LogP contribution in [-0.4, -0.2) is 53.0 Å². The molecule has 1 atom stereocenters. The van der Waals surface area contributed by atoms with Gasteiger partial charge in [0, 0.05) is 44.5 Å². The lowest BCUT2D eigenvalue weighted by atomic mass is 10.1. The van der Waals surface area contributed by atoms with Crippen molar-refractivity contribution in [1.29, 1.82) is 0 Å². The first-order valence-electron chi connectivity index (χ1n) is 5.77. The molecule has 1 saturated heterocycles. The van der Waals surface area contributed by atoms with Crippen LogP contribution >= 0.6 is 0 Å². The van der Waals surface area contributed by atoms with E-state index in [0.29, 0.717) is 6.42 Å². The Morgan fingerprint density at radius 3 is 2.94 bits per heavy atom. The van der Waals surface area contributed by atoms with Gasteiger partial charge in [0.2, 0.25) is 5.91 Å². The van der Waals surface area contributed by atoms with E-state index in [4.69, 9.17) is 5.73 Å². The largest absolute Gasteiger partial charge is 0.339 e. The van der Waals surface area contributed by atoms with Gasteiger partial charge >= 0.3 is 0 Å². The maximum Gasteiger partial charge on any atom is 0.239 e. The van der Waals surface area contributed by atoms with Crippen LogP contribution in [0, 0.1) is 0 Å². The minimum absolute atomic E-state index is 0.00473. The van der Waals surface area contributed by atoms with Crippen LogP contribution in [0.25, 0.3) is 0 Å². The molecule has 6 nitrogen and oxygen atoms in total. The smallest absolute Gasteiger partial charge is 0.239 e. The molecule has 1 aliphatic heterocycles. The zero-order valence-electron chi connectivity index (χ0n) is 9.67. The highest BCUT2D eigenvalue weighted by Gasteiger charge is 2.22. The van der Waals surface area contributed by atoms with Gasteiger partial charge in [-0.1, -0.05) is 0 Å². The van der Waals surface area contributed by atoms with Crippen LogP contribution in [0.5, 0.6) is 0 Å². The van der Waals surface area contributed by atoms with Gasteiger partial charge < -0.3 is 16.0 Å². The highest BCUT2D eigenvalue weighted by Crippen LogP contribution is 2.02. The van der Waals surface area contributed by atoms with E-state index in [1.807, 2.05) is 4.90 Å². The second-order valence-corrected chi connectivity index (χ2v) is 4.09. The van der Waals surface area contributed by atoms with E-state index in [-0.39, 0.29) is 5.91 Å². The van der Waals surface area contributed by atoms with E-state index >= 15 is 0 Å². The van der Waals surface area contributed by atoms with Gasteiger partial charge in [-0.3, -0.25) is 4.79 Å². The van der Waals surface area contributed by atoms with Gasteiger partial charge in [-0.15, -0.1) is 0 Å². The third-order valence-electron chi connectivity index (χ3n) is 2.82. The Morgan fingerprint density at radius 2 is 2.29 bits per heavy atom. The Balaban J connectivity index is 1.90. The second kappa shape index (κ2) is 5.70. The van der Waals surface area contributed by atoms with Crippen molar-refractivity contribution < 1.29 is 4.79 Å². The average Bonchev–Trinajstić information content (AvgIpc) is 2.40. The molecule has 0 bridgehead atoms. The van der Waals surface area contributed by atoms with Crippen LogP contribution < -0.4 is 11.1 Å². The van der Waals surface area contributed by atoms with Gasteiger partial charge in [-0.25, -0.2) is 9.97 Å². The Hall–Kier alpha value is -1.53. The summed E-state index contributed by atoms with van der Waals surface area (Å²) >= 11 is 0. The maximum absolute atomic E-state index is 12.0. The quantitative estimate of drug-likeness (QED) is 0.686. The number of carbonyl (C=O) groups excluding carboxylic acids is 1. The fraction of sp³-hybridized carbons (Fsp3) is 0.545. The highest BCUT2D eigenvalue weighted by molar-refractivity contribution is 5.82. The van der Waals surface area contributed by atoms with Crippen LogP contribution in [0.1, 0.15) is 5.69 Å². The molecule has 0 spiro atoms. The normalized spacial score (nSPS) is 17.8. The fourth-order valence-corrected chi connectivity index (χ4v) is 1.87. The Bertz CT molecular complexity index is 363. The van der Waals surface area contributed by atoms with E-state index in [0.717, 1.165) is 31.9 Å². The number of hydrogen-bond donors (Lipinski definition) is 2. The van der Waals surface area contributed by atoms with Gasteiger partial charge in [0.25, 0.3) is 0 Å². The zero-order chi connectivity index (χ0) is 12.1. The van der Waals surface area contributed by atoms with Crippen molar-refractivity contribution in [2.75, 3.05) is 26.2 Å². The predicted molar refractivity (Wildman–Crippen MR) is 63.2 cm³/mol. The molecular weight excluding hydrogens is 218 g/mol. The predicted octanol–water partition coefficient (Wildman–Crippen LogP) is -1.22. The number of hydrogen-bond acceptors (Lipinski definition) is 5. The molecular formula is C11H17N5O. The van der Waals surface area contributed by atoms with Gasteiger partial charge in [0.1, 0.15) is 6.33 Å². The molecule has 1 amide bonds. The number of nitrogens with two attached hydrogens (primary N) is 1. The lowest BCUT2D eigenvalue weighted by Crippen LogP contribution is -2.52. The van der Waals surface area contributed by atoms with Crippen LogP contribution in [0.2, 0.25) is 0 Å². The number of piperazine rings is 1. The lowest BCUT2D eigenvalue weighted by molar-refractivity contribution is -0.133. The molecule has 2 heterocycles. The first-order valence-corrected chi connectivity index (χ1v) is 5.77. The lowest BCUT2D eigenvalue weighted by Gasteiger charge is -2.29. The first-order chi connectivity index (χ1) is 8.27. The summed E-state index contributed by atoms with van der Waals surface area (Å²) in [6.07, 6.45) is 3.59. The SMILES string of the molecule is NC(Cc1ccncn1)C(=O)N1CCNCC1. The molecule has 6 heteroatoms. The molecule has 17 heavy (non-hydrogen) atoms. The summed E-state index contributed by atoms with van der Waals surface area (Å²) in [6, 6.07) is 1.27. The number of nitrogens with zero attached hydrogens (tertiary/aromatic N) is 3. The summed E-state index contributed by atoms with van der Waals surface area (Å²) in [7, 11) is 0. The van der Waals surface area contributed by atoms with Crippen molar-refractivity contribution in [3.8, 4) is 0 Å². The Kier molecular flexibility index (Phi) is 4.00. The molecule has 0 radical (unpaired) electrons. The zero-order valence-corrected chi connectivity index (χ0v) is 9.67. The molecule has 1 aromatic heterocycles. The van der Waals surface area contributed by atoms with Crippen molar-refractivity contribution >= 4 is 5.91 Å². The molecule has 0 aliphatic carbocycles. The highest BCUT2D eigenvalue weighted by atomic mass is 16.2. The third kappa shape index (κ3) is 3.21. The van der Waals surface area contributed by atoms with Crippen molar-refractivity contribution in [2.45, 2.75) is 12.5 Å². The Morgan fingerprint density at radius 1 is 1.53 bits per heavy atom. The van der Waals surface area contributed by atoms with Crippen LogP contribution in [0.4, 0.5) is 0 Å². The molecule has 92 valence electrons. The number of amides is 1. The summed E-state index contributed by atoms with van der Waals surface area (Å²) in [5.41, 5.74) is 6.71. The van der Waals surface area contributed by atoms with E-state index in [2.05, 4.69) is 15.3 Å². The van der Waals surface area contributed by atoms with Crippen molar-refractivity contribution in [1.82, 2.24) is 20.2 Å². The summed E-state index contributed by atoms with van der Waals surface area (Å²) in [5, 5.41) is 3.20. The van der Waals surface area contributed by atoms with Gasteiger partial charge in [0.05, 0.1) is 6.04 Å². The number of rotatable bonds is 3. The monoisotopic (exact) mass is 235 g/mol. The maximum atomic E-state index is 12.0. The first kappa shape index (κ1) is 11.9. The van der Waals surface area contributed by atoms with Crippen molar-refractivity contribution in [2.24, 2.45) is 5.73 Å². The number of nitrogens with one attached hydrogen (secondary N) is 1. The van der Waals surface area contributed by atoms with Gasteiger partial charge in [-0.2, -0.15) is 0 Å². The Labute approximate surface area is 100 Å². The topological polar surface area (TPSA) is 84.1 Å². The molecule has 0 aromatic carbocycles. The minimum Gasteiger partial charge on any atom is -0.339 e. The van der Waals surface area contributed by atoms with E-state index in [1.165, 1.54) is 6.33 Å². The van der Waals surface area contributed by atoms with Gasteiger partial charge in [-0.05, 0) is 6.07 Å². The summed E-state index contributed by atoms with van der Waals surface area (Å²) in [6.45, 7) is 3.14. The number of carbonyl (C=O) groups is 1. The summed E-state index contributed by atoms with van der Waals surface area (Å²) in [4.78, 5) is 21.7. The fourth-order valence-electron chi connectivity index (χ4n) is 1.87. The third-order valence-corrected chi connectivity index (χ3v) is 2.82. The molecule has 1 aromatic rings. The number of aromatic nitrogens is 2. The molecule has 1 aliphatic rings. The summed E-state index contributed by atoms with van der Waals surface area (Å²) < 4.78 is 0. The van der Waals surface area contributed by atoms with E-state index in [1.54, 1.807) is 12.3 Å². The van der Waals surface area contributed by atoms with Crippen molar-refractivity contribution in [3.05, 3.63) is 24.3 Å². The summed E-state index contributed by atoms with van der Waals surface area (Å²) in [5.74, 6) is 0.00473. The van der Waals surface area contributed by atoms with Crippen molar-refractivity contribution in [3.63, 3.8) is 0 Å². The van der Waals surface area contributed by atoms with Crippen LogP contribution in [0.15, 0.2) is 18.6 Å². The van der Waals surface area contributed by atoms with Crippen LogP contribution in [-0.2, 0) is 11.2 Å². The van der Waals surface area contributed by atoms with E-state index in [9.17, 15) is 4.79 Å². The van der Waals surface area contributed by atoms with Crippen LogP contribution in [0.3, 0.4) is 0 Å². The molecule has 1 fully saturated rings.